The van der Waals surface area contributed by atoms with Crippen LogP contribution in [0.5, 0.6) is 5.75 Å². The number of hydrogen-bond donors (Lipinski definition) is 0. The third kappa shape index (κ3) is 6.61. The highest BCUT2D eigenvalue weighted by Crippen LogP contribution is 2.28. The fourth-order valence-electron chi connectivity index (χ4n) is 1.62. The van der Waals surface area contributed by atoms with Gasteiger partial charge in [0.2, 0.25) is 0 Å². The first kappa shape index (κ1) is 17.7. The second-order valence-electron chi connectivity index (χ2n) is 4.34. The molecule has 116 valence electrons. The van der Waals surface area contributed by atoms with Gasteiger partial charge in [-0.3, -0.25) is 0 Å². The minimum absolute atomic E-state index is 0.789. The Kier molecular flexibility index (Phi) is 8.16. The van der Waals surface area contributed by atoms with Gasteiger partial charge >= 0.3 is 0 Å². The van der Waals surface area contributed by atoms with Gasteiger partial charge in [-0.05, 0) is 47.4 Å². The van der Waals surface area contributed by atoms with E-state index in [4.69, 9.17) is 16.3 Å². The lowest BCUT2D eigenvalue weighted by Crippen LogP contribution is -1.81. The van der Waals surface area contributed by atoms with Crippen LogP contribution >= 0.6 is 45.0 Å². The zero-order valence-corrected chi connectivity index (χ0v) is 15.4. The Bertz CT molecular complexity index is 582. The van der Waals surface area contributed by atoms with E-state index in [0.717, 1.165) is 22.3 Å². The van der Waals surface area contributed by atoms with Gasteiger partial charge in [0.05, 0.1) is 7.11 Å². The van der Waals surface area contributed by atoms with Crippen molar-refractivity contribution < 1.29 is 4.74 Å². The molecule has 0 radical (unpaired) electrons. The summed E-state index contributed by atoms with van der Waals surface area (Å²) < 4.78 is 5.15. The fourth-order valence-corrected chi connectivity index (χ4v) is 4.31. The SMILES string of the molecule is COc1ccc(SC/C=C/SSCc2ccc(Cl)cc2)cc1. The van der Waals surface area contributed by atoms with Gasteiger partial charge in [-0.25, -0.2) is 0 Å². The molecule has 2 rings (SSSR count). The van der Waals surface area contributed by atoms with Gasteiger partial charge in [-0.2, -0.15) is 0 Å². The first-order valence-electron chi connectivity index (χ1n) is 6.72. The first-order chi connectivity index (χ1) is 10.8. The fraction of sp³-hybridized carbons (Fsp3) is 0.176. The summed E-state index contributed by atoms with van der Waals surface area (Å²) in [4.78, 5) is 1.25. The van der Waals surface area contributed by atoms with E-state index in [-0.39, 0.29) is 0 Å². The summed E-state index contributed by atoms with van der Waals surface area (Å²) in [6.45, 7) is 0. The van der Waals surface area contributed by atoms with Crippen molar-refractivity contribution in [2.24, 2.45) is 0 Å². The van der Waals surface area contributed by atoms with Crippen molar-refractivity contribution in [1.29, 1.82) is 0 Å². The molecule has 2 aromatic carbocycles. The molecule has 1 nitrogen and oxygen atoms in total. The molecule has 0 bridgehead atoms. The van der Waals surface area contributed by atoms with E-state index in [2.05, 4.69) is 35.7 Å². The van der Waals surface area contributed by atoms with Gasteiger partial charge in [-0.15, -0.1) is 11.8 Å². The highest BCUT2D eigenvalue weighted by Gasteiger charge is 1.95. The van der Waals surface area contributed by atoms with E-state index in [1.165, 1.54) is 10.5 Å². The summed E-state index contributed by atoms with van der Waals surface area (Å²) in [7, 11) is 5.27. The third-order valence-electron chi connectivity index (χ3n) is 2.76. The zero-order valence-electron chi connectivity index (χ0n) is 12.2. The van der Waals surface area contributed by atoms with Crippen molar-refractivity contribution in [2.45, 2.75) is 10.6 Å². The minimum Gasteiger partial charge on any atom is -0.497 e. The van der Waals surface area contributed by atoms with E-state index < -0.39 is 0 Å². The summed E-state index contributed by atoms with van der Waals surface area (Å²) in [6, 6.07) is 16.1. The Labute approximate surface area is 149 Å². The maximum atomic E-state index is 5.87. The monoisotopic (exact) mass is 368 g/mol. The van der Waals surface area contributed by atoms with Crippen LogP contribution in [0, 0.1) is 0 Å². The molecule has 0 aliphatic rings. The summed E-state index contributed by atoms with van der Waals surface area (Å²) in [5.41, 5.74) is 1.29. The molecule has 0 amide bonds. The Morgan fingerprint density at radius 2 is 1.77 bits per heavy atom. The summed E-state index contributed by atoms with van der Waals surface area (Å²) in [6.07, 6.45) is 2.19. The molecule has 0 aliphatic carbocycles. The largest absolute Gasteiger partial charge is 0.497 e. The van der Waals surface area contributed by atoms with E-state index in [1.54, 1.807) is 17.9 Å². The van der Waals surface area contributed by atoms with Crippen LogP contribution in [0.3, 0.4) is 0 Å². The topological polar surface area (TPSA) is 9.23 Å². The van der Waals surface area contributed by atoms with Crippen molar-refractivity contribution >= 4 is 45.0 Å². The van der Waals surface area contributed by atoms with Crippen molar-refractivity contribution in [1.82, 2.24) is 0 Å². The van der Waals surface area contributed by atoms with Crippen LogP contribution in [-0.4, -0.2) is 12.9 Å². The summed E-state index contributed by atoms with van der Waals surface area (Å²) in [5.74, 6) is 2.85. The summed E-state index contributed by atoms with van der Waals surface area (Å²) >= 11 is 7.68. The van der Waals surface area contributed by atoms with Crippen molar-refractivity contribution in [2.75, 3.05) is 12.9 Å². The third-order valence-corrected chi connectivity index (χ3v) is 5.97. The number of methoxy groups -OCH3 is 1. The number of halogens is 1. The molecule has 0 atom stereocenters. The Morgan fingerprint density at radius 1 is 1.05 bits per heavy atom. The van der Waals surface area contributed by atoms with Crippen molar-refractivity contribution in [3.05, 3.63) is 70.6 Å². The molecule has 2 aromatic rings. The number of thioether (sulfide) groups is 1. The molecule has 0 saturated heterocycles. The van der Waals surface area contributed by atoms with Crippen LogP contribution < -0.4 is 4.74 Å². The molecular weight excluding hydrogens is 352 g/mol. The van der Waals surface area contributed by atoms with E-state index in [1.807, 2.05) is 46.8 Å². The van der Waals surface area contributed by atoms with Gasteiger partial charge in [0.25, 0.3) is 0 Å². The molecule has 0 aliphatic heterocycles. The Hall–Kier alpha value is -0.680. The van der Waals surface area contributed by atoms with Gasteiger partial charge < -0.3 is 4.74 Å². The van der Waals surface area contributed by atoms with Crippen LogP contribution in [0.15, 0.2) is 64.9 Å². The number of ether oxygens (including phenoxy) is 1. The van der Waals surface area contributed by atoms with Gasteiger partial charge in [0.1, 0.15) is 5.75 Å². The molecule has 0 spiro atoms. The molecule has 0 unspecified atom stereocenters. The van der Waals surface area contributed by atoms with E-state index >= 15 is 0 Å². The lowest BCUT2D eigenvalue weighted by Gasteiger charge is -2.01. The predicted octanol–water partition coefficient (Wildman–Crippen LogP) is 6.54. The van der Waals surface area contributed by atoms with E-state index in [0.29, 0.717) is 0 Å². The second-order valence-corrected chi connectivity index (χ2v) is 8.15. The first-order valence-corrected chi connectivity index (χ1v) is 10.5. The standard InChI is InChI=1S/C17H17ClOS3/c1-19-16-7-9-17(10-8-16)20-11-2-12-21-22-13-14-3-5-15(18)6-4-14/h2-10,12H,11,13H2,1H3/b12-2+. The van der Waals surface area contributed by atoms with Gasteiger partial charge in [0, 0.05) is 21.4 Å². The van der Waals surface area contributed by atoms with Crippen LogP contribution in [0.4, 0.5) is 0 Å². The summed E-state index contributed by atoms with van der Waals surface area (Å²) in [5, 5.41) is 2.94. The lowest BCUT2D eigenvalue weighted by molar-refractivity contribution is 0.414. The van der Waals surface area contributed by atoms with Gasteiger partial charge in [0.15, 0.2) is 0 Å². The number of rotatable bonds is 8. The van der Waals surface area contributed by atoms with Crippen LogP contribution in [0.25, 0.3) is 0 Å². The number of hydrogen-bond acceptors (Lipinski definition) is 4. The molecular formula is C17H17ClOS3. The average molecular weight is 369 g/mol. The molecule has 0 aromatic heterocycles. The molecule has 5 heteroatoms. The molecule has 0 fully saturated rings. The highest BCUT2D eigenvalue weighted by atomic mass is 35.5. The molecule has 0 saturated carbocycles. The molecule has 0 heterocycles. The maximum Gasteiger partial charge on any atom is 0.118 e. The normalized spacial score (nSPS) is 11.0. The Balaban J connectivity index is 1.60. The lowest BCUT2D eigenvalue weighted by atomic mass is 10.2. The van der Waals surface area contributed by atoms with E-state index in [9.17, 15) is 0 Å². The minimum atomic E-state index is 0.789. The van der Waals surface area contributed by atoms with Crippen molar-refractivity contribution in [3.63, 3.8) is 0 Å². The highest BCUT2D eigenvalue weighted by molar-refractivity contribution is 8.77. The number of benzene rings is 2. The van der Waals surface area contributed by atoms with Crippen LogP contribution in [0.2, 0.25) is 5.02 Å². The zero-order chi connectivity index (χ0) is 15.6. The average Bonchev–Trinajstić information content (AvgIpc) is 2.56. The second kappa shape index (κ2) is 10.2. The predicted molar refractivity (Wildman–Crippen MR) is 103 cm³/mol. The molecule has 22 heavy (non-hydrogen) atoms. The quantitative estimate of drug-likeness (QED) is 0.297. The van der Waals surface area contributed by atoms with Crippen molar-refractivity contribution in [3.8, 4) is 5.75 Å². The molecule has 0 N–H and O–H groups in total. The van der Waals surface area contributed by atoms with Crippen LogP contribution in [0.1, 0.15) is 5.56 Å². The van der Waals surface area contributed by atoms with Gasteiger partial charge in [-0.1, -0.05) is 51.4 Å². The maximum absolute atomic E-state index is 5.87. The Morgan fingerprint density at radius 3 is 2.45 bits per heavy atom. The smallest absolute Gasteiger partial charge is 0.118 e. The van der Waals surface area contributed by atoms with Crippen LogP contribution in [-0.2, 0) is 5.75 Å².